The predicted octanol–water partition coefficient (Wildman–Crippen LogP) is 1.66. The number of alkyl halides is 1. The zero-order valence-electron chi connectivity index (χ0n) is 6.11. The first-order chi connectivity index (χ1) is 4.77. The standard InChI is InChI=1S/C7H14ClNO/c8-6-4-2-1-3-5-7(9)10/h1-6H2,(H2,9,10). The molecule has 0 aromatic rings. The number of amides is 1. The minimum atomic E-state index is -0.203. The number of halogens is 1. The van der Waals surface area contributed by atoms with Gasteiger partial charge >= 0.3 is 0 Å². The smallest absolute Gasteiger partial charge is 0.217 e. The zero-order chi connectivity index (χ0) is 7.82. The van der Waals surface area contributed by atoms with Crippen LogP contribution in [0.5, 0.6) is 0 Å². The fraction of sp³-hybridized carbons (Fsp3) is 0.857. The highest BCUT2D eigenvalue weighted by atomic mass is 35.5. The minimum absolute atomic E-state index is 0.203. The maximum Gasteiger partial charge on any atom is 0.217 e. The van der Waals surface area contributed by atoms with Crippen molar-refractivity contribution in [3.63, 3.8) is 0 Å². The third-order valence-electron chi connectivity index (χ3n) is 1.31. The quantitative estimate of drug-likeness (QED) is 0.470. The summed E-state index contributed by atoms with van der Waals surface area (Å²) in [5.41, 5.74) is 4.94. The van der Waals surface area contributed by atoms with Crippen molar-refractivity contribution in [2.45, 2.75) is 32.1 Å². The van der Waals surface area contributed by atoms with Crippen molar-refractivity contribution in [1.82, 2.24) is 0 Å². The van der Waals surface area contributed by atoms with Crippen molar-refractivity contribution in [1.29, 1.82) is 0 Å². The van der Waals surface area contributed by atoms with E-state index in [9.17, 15) is 4.79 Å². The van der Waals surface area contributed by atoms with Crippen molar-refractivity contribution in [3.05, 3.63) is 0 Å². The van der Waals surface area contributed by atoms with Crippen LogP contribution in [-0.4, -0.2) is 11.8 Å². The van der Waals surface area contributed by atoms with E-state index in [2.05, 4.69) is 0 Å². The largest absolute Gasteiger partial charge is 0.370 e. The van der Waals surface area contributed by atoms with E-state index in [0.29, 0.717) is 6.42 Å². The van der Waals surface area contributed by atoms with Crippen LogP contribution in [-0.2, 0) is 4.79 Å². The summed E-state index contributed by atoms with van der Waals surface area (Å²) in [7, 11) is 0. The molecule has 0 fully saturated rings. The Kier molecular flexibility index (Phi) is 6.71. The van der Waals surface area contributed by atoms with Crippen molar-refractivity contribution in [3.8, 4) is 0 Å². The maximum atomic E-state index is 10.2. The van der Waals surface area contributed by atoms with Crippen molar-refractivity contribution in [2.75, 3.05) is 5.88 Å². The lowest BCUT2D eigenvalue weighted by atomic mass is 10.1. The van der Waals surface area contributed by atoms with Crippen molar-refractivity contribution < 1.29 is 4.79 Å². The van der Waals surface area contributed by atoms with E-state index >= 15 is 0 Å². The topological polar surface area (TPSA) is 43.1 Å². The van der Waals surface area contributed by atoms with Gasteiger partial charge in [-0.1, -0.05) is 12.8 Å². The van der Waals surface area contributed by atoms with Gasteiger partial charge in [-0.15, -0.1) is 11.6 Å². The van der Waals surface area contributed by atoms with Crippen LogP contribution in [0.25, 0.3) is 0 Å². The van der Waals surface area contributed by atoms with Gasteiger partial charge in [0, 0.05) is 12.3 Å². The van der Waals surface area contributed by atoms with Gasteiger partial charge in [-0.3, -0.25) is 4.79 Å². The number of hydrogen-bond donors (Lipinski definition) is 1. The van der Waals surface area contributed by atoms with Gasteiger partial charge in [0.1, 0.15) is 0 Å². The van der Waals surface area contributed by atoms with Crippen LogP contribution in [0.1, 0.15) is 32.1 Å². The highest BCUT2D eigenvalue weighted by Gasteiger charge is 1.93. The van der Waals surface area contributed by atoms with Gasteiger partial charge in [0.15, 0.2) is 0 Å². The molecular weight excluding hydrogens is 150 g/mol. The molecule has 0 spiro atoms. The molecule has 0 aromatic carbocycles. The van der Waals surface area contributed by atoms with E-state index in [1.54, 1.807) is 0 Å². The average molecular weight is 164 g/mol. The third kappa shape index (κ3) is 7.76. The molecule has 0 aliphatic carbocycles. The number of nitrogens with two attached hydrogens (primary N) is 1. The summed E-state index contributed by atoms with van der Waals surface area (Å²) in [6.07, 6.45) is 4.64. The zero-order valence-corrected chi connectivity index (χ0v) is 6.86. The lowest BCUT2D eigenvalue weighted by molar-refractivity contribution is -0.118. The molecule has 0 bridgehead atoms. The van der Waals surface area contributed by atoms with Gasteiger partial charge in [0.2, 0.25) is 5.91 Å². The van der Waals surface area contributed by atoms with Crippen LogP contribution in [0, 0.1) is 0 Å². The Bertz CT molecular complexity index is 95.6. The number of rotatable bonds is 6. The van der Waals surface area contributed by atoms with Crippen molar-refractivity contribution >= 4 is 17.5 Å². The predicted molar refractivity (Wildman–Crippen MR) is 43.0 cm³/mol. The van der Waals surface area contributed by atoms with E-state index in [1.165, 1.54) is 0 Å². The minimum Gasteiger partial charge on any atom is -0.370 e. The molecule has 0 aromatic heterocycles. The molecule has 0 aliphatic heterocycles. The molecule has 0 saturated heterocycles. The maximum absolute atomic E-state index is 10.2. The normalized spacial score (nSPS) is 9.70. The molecule has 0 radical (unpaired) electrons. The summed E-state index contributed by atoms with van der Waals surface area (Å²) in [6.45, 7) is 0. The number of carbonyl (C=O) groups is 1. The Morgan fingerprint density at radius 3 is 2.30 bits per heavy atom. The lowest BCUT2D eigenvalue weighted by Crippen LogP contribution is -2.09. The van der Waals surface area contributed by atoms with E-state index in [1.807, 2.05) is 0 Å². The lowest BCUT2D eigenvalue weighted by Gasteiger charge is -1.95. The van der Waals surface area contributed by atoms with Crippen LogP contribution in [0.2, 0.25) is 0 Å². The molecule has 2 N–H and O–H groups in total. The first-order valence-electron chi connectivity index (χ1n) is 3.61. The first-order valence-corrected chi connectivity index (χ1v) is 4.15. The van der Waals surface area contributed by atoms with Crippen LogP contribution in [0.3, 0.4) is 0 Å². The molecule has 60 valence electrons. The van der Waals surface area contributed by atoms with E-state index < -0.39 is 0 Å². The molecule has 3 heteroatoms. The molecule has 0 unspecified atom stereocenters. The summed E-state index contributed by atoms with van der Waals surface area (Å²) in [6, 6.07) is 0. The molecule has 0 saturated carbocycles. The van der Waals surface area contributed by atoms with Crippen LogP contribution >= 0.6 is 11.6 Å². The molecule has 0 heterocycles. The second-order valence-corrected chi connectivity index (χ2v) is 2.70. The van der Waals surface area contributed by atoms with Gasteiger partial charge in [-0.05, 0) is 12.8 Å². The summed E-state index contributed by atoms with van der Waals surface area (Å²) in [4.78, 5) is 10.2. The molecular formula is C7H14ClNO. The van der Waals surface area contributed by atoms with E-state index in [-0.39, 0.29) is 5.91 Å². The number of hydrogen-bond acceptors (Lipinski definition) is 1. The van der Waals surface area contributed by atoms with Crippen molar-refractivity contribution in [2.24, 2.45) is 5.73 Å². The fourth-order valence-electron chi connectivity index (χ4n) is 0.747. The van der Waals surface area contributed by atoms with Crippen LogP contribution in [0.4, 0.5) is 0 Å². The molecule has 0 aliphatic rings. The SMILES string of the molecule is NC(=O)CCCCCCCl. The molecule has 0 atom stereocenters. The summed E-state index contributed by atoms with van der Waals surface area (Å²) < 4.78 is 0. The monoisotopic (exact) mass is 163 g/mol. The molecule has 1 amide bonds. The van der Waals surface area contributed by atoms with Crippen LogP contribution in [0.15, 0.2) is 0 Å². The Morgan fingerprint density at radius 1 is 1.20 bits per heavy atom. The number of carbonyl (C=O) groups excluding carboxylic acids is 1. The third-order valence-corrected chi connectivity index (χ3v) is 1.57. The molecule has 0 rings (SSSR count). The Hall–Kier alpha value is -0.240. The Morgan fingerprint density at radius 2 is 1.80 bits per heavy atom. The van der Waals surface area contributed by atoms with Gasteiger partial charge in [-0.2, -0.15) is 0 Å². The summed E-state index contributed by atoms with van der Waals surface area (Å²) in [5.74, 6) is 0.516. The molecule has 2 nitrogen and oxygen atoms in total. The highest BCUT2D eigenvalue weighted by Crippen LogP contribution is 2.02. The van der Waals surface area contributed by atoms with E-state index in [0.717, 1.165) is 31.6 Å². The Labute approximate surface area is 66.7 Å². The van der Waals surface area contributed by atoms with Gasteiger partial charge in [-0.25, -0.2) is 0 Å². The van der Waals surface area contributed by atoms with Gasteiger partial charge in [0.05, 0.1) is 0 Å². The number of unbranched alkanes of at least 4 members (excludes halogenated alkanes) is 3. The van der Waals surface area contributed by atoms with E-state index in [4.69, 9.17) is 17.3 Å². The summed E-state index contributed by atoms with van der Waals surface area (Å²) >= 11 is 5.45. The molecule has 10 heavy (non-hydrogen) atoms. The van der Waals surface area contributed by atoms with Crippen LogP contribution < -0.4 is 5.73 Å². The Balaban J connectivity index is 2.84. The fourth-order valence-corrected chi connectivity index (χ4v) is 0.936. The van der Waals surface area contributed by atoms with Gasteiger partial charge < -0.3 is 5.73 Å². The average Bonchev–Trinajstić information content (AvgIpc) is 1.87. The van der Waals surface area contributed by atoms with Gasteiger partial charge in [0.25, 0.3) is 0 Å². The first kappa shape index (κ1) is 9.76. The second kappa shape index (κ2) is 6.87. The highest BCUT2D eigenvalue weighted by molar-refractivity contribution is 6.17. The summed E-state index contributed by atoms with van der Waals surface area (Å²) in [5, 5.41) is 0. The second-order valence-electron chi connectivity index (χ2n) is 2.32. The number of primary amides is 1.